The van der Waals surface area contributed by atoms with Crippen molar-refractivity contribution < 1.29 is 29.3 Å². The van der Waals surface area contributed by atoms with E-state index in [2.05, 4.69) is 5.32 Å². The third-order valence-corrected chi connectivity index (χ3v) is 4.26. The summed E-state index contributed by atoms with van der Waals surface area (Å²) >= 11 is 0. The molecule has 4 atom stereocenters. The zero-order chi connectivity index (χ0) is 15.9. The monoisotopic (exact) mass is 305 g/mol. The number of carbonyl (C=O) groups is 3. The Morgan fingerprint density at radius 2 is 1.59 bits per heavy atom. The van der Waals surface area contributed by atoms with E-state index < -0.39 is 35.8 Å². The lowest BCUT2D eigenvalue weighted by Crippen LogP contribution is -2.40. The molecule has 1 aromatic carbocycles. The second kappa shape index (κ2) is 5.42. The molecule has 2 aliphatic heterocycles. The number of rotatable bonds is 4. The van der Waals surface area contributed by atoms with Crippen LogP contribution in [0.1, 0.15) is 23.2 Å². The minimum Gasteiger partial charge on any atom is -0.481 e. The number of nitrogens with one attached hydrogen (secondary N) is 1. The lowest BCUT2D eigenvalue weighted by molar-refractivity contribution is -0.147. The van der Waals surface area contributed by atoms with Gasteiger partial charge in [-0.2, -0.15) is 0 Å². The van der Waals surface area contributed by atoms with Crippen LogP contribution in [-0.2, 0) is 14.3 Å². The fourth-order valence-corrected chi connectivity index (χ4v) is 3.25. The first-order chi connectivity index (χ1) is 10.5. The highest BCUT2D eigenvalue weighted by atomic mass is 16.5. The van der Waals surface area contributed by atoms with Crippen LogP contribution in [0.15, 0.2) is 24.3 Å². The van der Waals surface area contributed by atoms with E-state index in [0.29, 0.717) is 18.5 Å². The van der Waals surface area contributed by atoms with Crippen molar-refractivity contribution >= 4 is 23.5 Å². The summed E-state index contributed by atoms with van der Waals surface area (Å²) in [4.78, 5) is 34.5. The molecular weight excluding hydrogens is 290 g/mol. The third-order valence-electron chi connectivity index (χ3n) is 4.26. The summed E-state index contributed by atoms with van der Waals surface area (Å²) in [5.74, 6) is -4.01. The Morgan fingerprint density at radius 3 is 2.14 bits per heavy atom. The van der Waals surface area contributed by atoms with Crippen molar-refractivity contribution in [1.82, 2.24) is 0 Å². The predicted octanol–water partition coefficient (Wildman–Crippen LogP) is 1.20. The van der Waals surface area contributed by atoms with Gasteiger partial charge in [0, 0.05) is 5.69 Å². The molecule has 2 saturated heterocycles. The van der Waals surface area contributed by atoms with Gasteiger partial charge in [0.2, 0.25) is 5.91 Å². The largest absolute Gasteiger partial charge is 0.481 e. The molecule has 7 nitrogen and oxygen atoms in total. The van der Waals surface area contributed by atoms with E-state index >= 15 is 0 Å². The van der Waals surface area contributed by atoms with E-state index in [1.165, 1.54) is 24.3 Å². The molecule has 0 radical (unpaired) electrons. The molecule has 0 aliphatic carbocycles. The second-order valence-electron chi connectivity index (χ2n) is 5.55. The minimum absolute atomic E-state index is 0.115. The molecule has 2 heterocycles. The van der Waals surface area contributed by atoms with E-state index in [-0.39, 0.29) is 11.7 Å². The van der Waals surface area contributed by atoms with Crippen LogP contribution in [0, 0.1) is 11.8 Å². The maximum absolute atomic E-state index is 12.4. The molecule has 116 valence electrons. The normalized spacial score (nSPS) is 29.3. The summed E-state index contributed by atoms with van der Waals surface area (Å²) in [5, 5.41) is 20.8. The first kappa shape index (κ1) is 14.5. The smallest absolute Gasteiger partial charge is 0.335 e. The molecule has 2 bridgehead atoms. The van der Waals surface area contributed by atoms with Gasteiger partial charge in [-0.15, -0.1) is 0 Å². The first-order valence-electron chi connectivity index (χ1n) is 7.00. The van der Waals surface area contributed by atoms with Crippen molar-refractivity contribution in [2.24, 2.45) is 11.8 Å². The lowest BCUT2D eigenvalue weighted by Gasteiger charge is -2.23. The Hall–Kier alpha value is -2.41. The van der Waals surface area contributed by atoms with Crippen LogP contribution in [0.5, 0.6) is 0 Å². The first-order valence-corrected chi connectivity index (χ1v) is 7.00. The number of hydrogen-bond acceptors (Lipinski definition) is 4. The molecule has 0 aromatic heterocycles. The standard InChI is InChI=1S/C15H15NO6/c17-13(16-8-3-1-7(2-4-8)14(18)19)11-9-5-6-10(22-9)12(11)15(20)21/h1-4,9-12H,5-6H2,(H,16,17)(H,18,19)(H,20,21)/t9-,10+,11+,12-/m1/s1. The number of fused-ring (bicyclic) bond motifs is 2. The van der Waals surface area contributed by atoms with Crippen LogP contribution < -0.4 is 5.32 Å². The van der Waals surface area contributed by atoms with Crippen LogP contribution in [-0.4, -0.2) is 40.3 Å². The number of carboxylic acid groups (broad SMARTS) is 2. The molecular formula is C15H15NO6. The lowest BCUT2D eigenvalue weighted by atomic mass is 9.78. The molecule has 3 rings (SSSR count). The maximum Gasteiger partial charge on any atom is 0.335 e. The van der Waals surface area contributed by atoms with E-state index in [9.17, 15) is 19.5 Å². The fraction of sp³-hybridized carbons (Fsp3) is 0.400. The molecule has 3 N–H and O–H groups in total. The molecule has 7 heteroatoms. The second-order valence-corrected chi connectivity index (χ2v) is 5.55. The van der Waals surface area contributed by atoms with Gasteiger partial charge in [0.05, 0.1) is 29.6 Å². The Bertz CT molecular complexity index is 625. The van der Waals surface area contributed by atoms with Gasteiger partial charge >= 0.3 is 11.9 Å². The van der Waals surface area contributed by atoms with Gasteiger partial charge in [-0.3, -0.25) is 9.59 Å². The van der Waals surface area contributed by atoms with E-state index in [4.69, 9.17) is 9.84 Å². The van der Waals surface area contributed by atoms with Crippen molar-refractivity contribution in [3.63, 3.8) is 0 Å². The topological polar surface area (TPSA) is 113 Å². The van der Waals surface area contributed by atoms with Crippen molar-refractivity contribution in [2.45, 2.75) is 25.0 Å². The number of benzene rings is 1. The average Bonchev–Trinajstić information content (AvgIpc) is 3.08. The number of ether oxygens (including phenoxy) is 1. The van der Waals surface area contributed by atoms with Gasteiger partial charge in [-0.25, -0.2) is 4.79 Å². The van der Waals surface area contributed by atoms with Crippen LogP contribution in [0.3, 0.4) is 0 Å². The summed E-state index contributed by atoms with van der Waals surface area (Å²) in [6, 6.07) is 5.71. The van der Waals surface area contributed by atoms with Gasteiger partial charge in [0.15, 0.2) is 0 Å². The summed E-state index contributed by atoms with van der Waals surface area (Å²) in [5.41, 5.74) is 0.548. The molecule has 1 amide bonds. The SMILES string of the molecule is O=C(O)c1ccc(NC(=O)[C@@H]2[C@H](C(=O)O)[C@@H]3CC[C@H]2O3)cc1. The summed E-state index contributed by atoms with van der Waals surface area (Å²) in [6.45, 7) is 0. The predicted molar refractivity (Wildman–Crippen MR) is 74.5 cm³/mol. The van der Waals surface area contributed by atoms with Crippen molar-refractivity contribution in [2.75, 3.05) is 5.32 Å². The number of anilines is 1. The Morgan fingerprint density at radius 1 is 1.00 bits per heavy atom. The molecule has 1 aromatic rings. The Balaban J connectivity index is 1.73. The zero-order valence-electron chi connectivity index (χ0n) is 11.6. The highest BCUT2D eigenvalue weighted by molar-refractivity contribution is 5.96. The molecule has 0 saturated carbocycles. The number of carbonyl (C=O) groups excluding carboxylic acids is 1. The number of carboxylic acids is 2. The van der Waals surface area contributed by atoms with Crippen molar-refractivity contribution in [1.29, 1.82) is 0 Å². The summed E-state index contributed by atoms with van der Waals surface area (Å²) in [7, 11) is 0. The molecule has 0 unspecified atom stereocenters. The average molecular weight is 305 g/mol. The van der Waals surface area contributed by atoms with Crippen LogP contribution in [0.2, 0.25) is 0 Å². The quantitative estimate of drug-likeness (QED) is 0.770. The van der Waals surface area contributed by atoms with Gasteiger partial charge in [0.1, 0.15) is 0 Å². The van der Waals surface area contributed by atoms with Crippen molar-refractivity contribution in [3.8, 4) is 0 Å². The van der Waals surface area contributed by atoms with Gasteiger partial charge < -0.3 is 20.3 Å². The van der Waals surface area contributed by atoms with Crippen LogP contribution in [0.4, 0.5) is 5.69 Å². The number of amides is 1. The van der Waals surface area contributed by atoms with Crippen molar-refractivity contribution in [3.05, 3.63) is 29.8 Å². The highest BCUT2D eigenvalue weighted by Crippen LogP contribution is 2.44. The van der Waals surface area contributed by atoms with E-state index in [0.717, 1.165) is 0 Å². The highest BCUT2D eigenvalue weighted by Gasteiger charge is 2.55. The Labute approximate surface area is 125 Å². The van der Waals surface area contributed by atoms with Crippen LogP contribution in [0.25, 0.3) is 0 Å². The van der Waals surface area contributed by atoms with E-state index in [1.807, 2.05) is 0 Å². The minimum atomic E-state index is -1.05. The number of hydrogen-bond donors (Lipinski definition) is 3. The molecule has 0 spiro atoms. The molecule has 2 fully saturated rings. The molecule has 2 aliphatic rings. The van der Waals surface area contributed by atoms with Gasteiger partial charge in [-0.05, 0) is 37.1 Å². The van der Waals surface area contributed by atoms with E-state index in [1.54, 1.807) is 0 Å². The zero-order valence-corrected chi connectivity index (χ0v) is 11.6. The van der Waals surface area contributed by atoms with Gasteiger partial charge in [-0.1, -0.05) is 0 Å². The summed E-state index contributed by atoms with van der Waals surface area (Å²) < 4.78 is 5.55. The Kier molecular flexibility index (Phi) is 3.58. The van der Waals surface area contributed by atoms with Crippen LogP contribution >= 0.6 is 0 Å². The third kappa shape index (κ3) is 2.43. The molecule has 22 heavy (non-hydrogen) atoms. The number of aliphatic carboxylic acids is 1. The fourth-order valence-electron chi connectivity index (χ4n) is 3.25. The van der Waals surface area contributed by atoms with Gasteiger partial charge in [0.25, 0.3) is 0 Å². The maximum atomic E-state index is 12.4. The summed E-state index contributed by atoms with van der Waals surface area (Å²) in [6.07, 6.45) is 0.598. The number of aromatic carboxylic acids is 1.